The average Bonchev–Trinajstić information content (AvgIpc) is 3.23. The molecule has 1 unspecified atom stereocenters. The Kier molecular flexibility index (Phi) is 6.43. The number of likely N-dealkylation sites (tertiary alicyclic amines) is 1. The summed E-state index contributed by atoms with van der Waals surface area (Å²) in [6, 6.07) is 6.21. The molecule has 0 saturated carbocycles. The zero-order chi connectivity index (χ0) is 25.3. The third-order valence-corrected chi connectivity index (χ3v) is 5.90. The van der Waals surface area contributed by atoms with E-state index in [1.807, 2.05) is 26.8 Å². The summed E-state index contributed by atoms with van der Waals surface area (Å²) in [6.07, 6.45) is 4.48. The van der Waals surface area contributed by atoms with Gasteiger partial charge in [-0.2, -0.15) is 10.4 Å². The van der Waals surface area contributed by atoms with Crippen molar-refractivity contribution >= 4 is 22.8 Å². The number of hydrogen-bond acceptors (Lipinski definition) is 7. The van der Waals surface area contributed by atoms with Crippen LogP contribution in [-0.2, 0) is 4.79 Å². The highest BCUT2D eigenvalue weighted by Gasteiger charge is 2.31. The van der Waals surface area contributed by atoms with Crippen LogP contribution < -0.4 is 10.5 Å². The fourth-order valence-corrected chi connectivity index (χ4v) is 4.34. The second-order valence-electron chi connectivity index (χ2n) is 9.68. The van der Waals surface area contributed by atoms with Gasteiger partial charge in [-0.15, -0.1) is 0 Å². The minimum Gasteiger partial charge on any atom is -0.497 e. The van der Waals surface area contributed by atoms with Crippen molar-refractivity contribution in [1.29, 1.82) is 5.26 Å². The van der Waals surface area contributed by atoms with Crippen molar-refractivity contribution in [1.82, 2.24) is 24.6 Å². The van der Waals surface area contributed by atoms with Crippen LogP contribution in [0.3, 0.4) is 0 Å². The molecule has 1 saturated heterocycles. The molecule has 1 aliphatic heterocycles. The lowest BCUT2D eigenvalue weighted by molar-refractivity contribution is -0.128. The van der Waals surface area contributed by atoms with Gasteiger partial charge in [0.2, 0.25) is 0 Å². The van der Waals surface area contributed by atoms with Crippen LogP contribution in [0, 0.1) is 22.6 Å². The minimum absolute atomic E-state index is 0.120. The summed E-state index contributed by atoms with van der Waals surface area (Å²) >= 11 is 0. The Morgan fingerprint density at radius 1 is 1.34 bits per heavy atom. The topological polar surface area (TPSA) is 123 Å². The maximum Gasteiger partial charge on any atom is 0.264 e. The van der Waals surface area contributed by atoms with Gasteiger partial charge in [0.15, 0.2) is 5.65 Å². The molecule has 0 radical (unpaired) electrons. The predicted molar refractivity (Wildman–Crippen MR) is 130 cm³/mol. The van der Waals surface area contributed by atoms with Gasteiger partial charge in [-0.3, -0.25) is 4.79 Å². The lowest BCUT2D eigenvalue weighted by Gasteiger charge is -2.33. The number of piperidine rings is 1. The number of nitrogen functional groups attached to an aromatic ring is 1. The fraction of sp³-hybridized carbons (Fsp3) is 0.400. The molecule has 10 heteroatoms. The Bertz CT molecular complexity index is 1350. The Balaban J connectivity index is 1.76. The van der Waals surface area contributed by atoms with Crippen LogP contribution in [0.2, 0.25) is 0 Å². The number of ether oxygens (including phenoxy) is 1. The first-order valence-corrected chi connectivity index (χ1v) is 11.4. The number of nitrogens with two attached hydrogens (primary N) is 1. The summed E-state index contributed by atoms with van der Waals surface area (Å²) < 4.78 is 21.8. The number of aromatic nitrogens is 4. The van der Waals surface area contributed by atoms with Gasteiger partial charge in [-0.05, 0) is 36.5 Å². The zero-order valence-corrected chi connectivity index (χ0v) is 20.2. The van der Waals surface area contributed by atoms with E-state index in [1.54, 1.807) is 21.7 Å². The SMILES string of the molecule is COc1ccc(F)c(-c2nn(C3CCCN(C(=O)C(C#N)=CC(C)(C)C)C3)c3ncnc(N)c23)c1. The summed E-state index contributed by atoms with van der Waals surface area (Å²) in [5.74, 6) is -0.130. The van der Waals surface area contributed by atoms with Crippen LogP contribution >= 0.6 is 0 Å². The monoisotopic (exact) mass is 477 g/mol. The molecule has 0 bridgehead atoms. The molecule has 35 heavy (non-hydrogen) atoms. The van der Waals surface area contributed by atoms with Gasteiger partial charge in [0.25, 0.3) is 5.91 Å². The van der Waals surface area contributed by atoms with Crippen LogP contribution in [0.5, 0.6) is 5.75 Å². The van der Waals surface area contributed by atoms with Crippen molar-refractivity contribution in [2.45, 2.75) is 39.7 Å². The van der Waals surface area contributed by atoms with E-state index < -0.39 is 5.82 Å². The van der Waals surface area contributed by atoms with Crippen molar-refractivity contribution in [3.8, 4) is 23.1 Å². The number of amides is 1. The molecule has 0 aliphatic carbocycles. The molecule has 2 N–H and O–H groups in total. The number of fused-ring (bicyclic) bond motifs is 1. The highest BCUT2D eigenvalue weighted by Crippen LogP contribution is 2.36. The van der Waals surface area contributed by atoms with E-state index in [-0.39, 0.29) is 34.3 Å². The Hall–Kier alpha value is -4.00. The second-order valence-corrected chi connectivity index (χ2v) is 9.68. The third-order valence-electron chi connectivity index (χ3n) is 5.90. The number of carbonyl (C=O) groups excluding carboxylic acids is 1. The molecule has 4 rings (SSSR count). The first-order chi connectivity index (χ1) is 16.6. The Morgan fingerprint density at radius 2 is 2.11 bits per heavy atom. The van der Waals surface area contributed by atoms with Crippen molar-refractivity contribution in [3.63, 3.8) is 0 Å². The summed E-state index contributed by atoms with van der Waals surface area (Å²) in [5.41, 5.74) is 6.98. The van der Waals surface area contributed by atoms with E-state index in [0.717, 1.165) is 12.8 Å². The predicted octanol–water partition coefficient (Wildman–Crippen LogP) is 3.88. The molecule has 3 aromatic rings. The van der Waals surface area contributed by atoms with Crippen LogP contribution in [0.25, 0.3) is 22.3 Å². The van der Waals surface area contributed by atoms with E-state index in [0.29, 0.717) is 35.6 Å². The van der Waals surface area contributed by atoms with E-state index in [1.165, 1.54) is 25.6 Å². The molecule has 9 nitrogen and oxygen atoms in total. The van der Waals surface area contributed by atoms with Crippen molar-refractivity contribution in [2.75, 3.05) is 25.9 Å². The van der Waals surface area contributed by atoms with Crippen molar-refractivity contribution < 1.29 is 13.9 Å². The summed E-state index contributed by atoms with van der Waals surface area (Å²) in [4.78, 5) is 23.3. The lowest BCUT2D eigenvalue weighted by Crippen LogP contribution is -2.41. The lowest BCUT2D eigenvalue weighted by atomic mass is 9.93. The maximum atomic E-state index is 14.9. The summed E-state index contributed by atoms with van der Waals surface area (Å²) in [5, 5.41) is 14.7. The number of methoxy groups -OCH3 is 1. The number of carbonyl (C=O) groups is 1. The van der Waals surface area contributed by atoms with Crippen LogP contribution in [0.15, 0.2) is 36.2 Å². The quantitative estimate of drug-likeness (QED) is 0.447. The molecule has 1 atom stereocenters. The largest absolute Gasteiger partial charge is 0.497 e. The number of rotatable bonds is 4. The van der Waals surface area contributed by atoms with E-state index >= 15 is 0 Å². The van der Waals surface area contributed by atoms with Gasteiger partial charge in [0.1, 0.15) is 41.0 Å². The molecule has 1 aromatic carbocycles. The fourth-order valence-electron chi connectivity index (χ4n) is 4.34. The molecular formula is C25H28FN7O2. The number of benzene rings is 1. The highest BCUT2D eigenvalue weighted by molar-refractivity contribution is 5.99. The highest BCUT2D eigenvalue weighted by atomic mass is 19.1. The summed E-state index contributed by atoms with van der Waals surface area (Å²) in [6.45, 7) is 6.69. The minimum atomic E-state index is -0.480. The molecule has 1 fully saturated rings. The van der Waals surface area contributed by atoms with Crippen LogP contribution in [0.1, 0.15) is 39.7 Å². The second kappa shape index (κ2) is 9.33. The number of nitriles is 1. The third kappa shape index (κ3) is 4.80. The normalized spacial score (nSPS) is 16.9. The molecule has 182 valence electrons. The molecule has 1 amide bonds. The van der Waals surface area contributed by atoms with Gasteiger partial charge in [0.05, 0.1) is 18.5 Å². The zero-order valence-electron chi connectivity index (χ0n) is 20.2. The molecule has 2 aromatic heterocycles. The Labute approximate surface area is 203 Å². The van der Waals surface area contributed by atoms with Crippen LogP contribution in [-0.4, -0.2) is 50.8 Å². The standard InChI is InChI=1S/C25H28FN7O2/c1-25(2,3)11-15(12-27)24(34)32-9-5-6-16(13-32)33-23-20(22(28)29-14-30-23)21(31-33)18-10-17(35-4)7-8-19(18)26/h7-8,10-11,14,16H,5-6,9,13H2,1-4H3,(H2,28,29,30). The average molecular weight is 478 g/mol. The number of hydrogen-bond donors (Lipinski definition) is 1. The number of nitrogens with zero attached hydrogens (tertiary/aromatic N) is 6. The molecule has 0 spiro atoms. The van der Waals surface area contributed by atoms with E-state index in [4.69, 9.17) is 15.6 Å². The first-order valence-electron chi connectivity index (χ1n) is 11.4. The van der Waals surface area contributed by atoms with Gasteiger partial charge in [-0.1, -0.05) is 26.8 Å². The van der Waals surface area contributed by atoms with Crippen LogP contribution in [0.4, 0.5) is 10.2 Å². The van der Waals surface area contributed by atoms with Gasteiger partial charge in [-0.25, -0.2) is 19.0 Å². The van der Waals surface area contributed by atoms with Gasteiger partial charge < -0.3 is 15.4 Å². The first kappa shape index (κ1) is 24.1. The molecule has 3 heterocycles. The Morgan fingerprint density at radius 3 is 2.80 bits per heavy atom. The van der Waals surface area contributed by atoms with Gasteiger partial charge >= 0.3 is 0 Å². The molecular weight excluding hydrogens is 449 g/mol. The van der Waals surface area contributed by atoms with E-state index in [9.17, 15) is 14.4 Å². The number of allylic oxidation sites excluding steroid dienone is 1. The number of halogens is 1. The molecule has 1 aliphatic rings. The number of anilines is 1. The van der Waals surface area contributed by atoms with Gasteiger partial charge in [0, 0.05) is 18.7 Å². The van der Waals surface area contributed by atoms with Crippen molar-refractivity contribution in [3.05, 3.63) is 42.0 Å². The van der Waals surface area contributed by atoms with E-state index in [2.05, 4.69) is 9.97 Å². The smallest absolute Gasteiger partial charge is 0.264 e. The van der Waals surface area contributed by atoms with Crippen molar-refractivity contribution in [2.24, 2.45) is 5.41 Å². The maximum absolute atomic E-state index is 14.9. The summed E-state index contributed by atoms with van der Waals surface area (Å²) in [7, 11) is 1.50.